The van der Waals surface area contributed by atoms with Crippen LogP contribution in [0.3, 0.4) is 0 Å². The molecule has 1 heterocycles. The van der Waals surface area contributed by atoms with Crippen molar-refractivity contribution in [3.05, 3.63) is 20.8 Å². The predicted molar refractivity (Wildman–Crippen MR) is 69.4 cm³/mol. The second-order valence-electron chi connectivity index (χ2n) is 4.18. The number of amides is 1. The van der Waals surface area contributed by atoms with Gasteiger partial charge in [-0.3, -0.25) is 4.79 Å². The fourth-order valence-corrected chi connectivity index (χ4v) is 3.30. The molecule has 3 nitrogen and oxygen atoms in total. The Kier molecular flexibility index (Phi) is 4.00. The van der Waals surface area contributed by atoms with E-state index >= 15 is 0 Å². The van der Waals surface area contributed by atoms with Gasteiger partial charge in [0.05, 0.1) is 3.79 Å². The summed E-state index contributed by atoms with van der Waals surface area (Å²) in [5, 5.41) is 2.96. The van der Waals surface area contributed by atoms with E-state index in [0.29, 0.717) is 0 Å². The van der Waals surface area contributed by atoms with Crippen LogP contribution in [0.1, 0.15) is 17.7 Å². The summed E-state index contributed by atoms with van der Waals surface area (Å²) in [6.45, 7) is 0.720. The summed E-state index contributed by atoms with van der Waals surface area (Å²) in [6.07, 6.45) is 2.59. The first kappa shape index (κ1) is 12.1. The van der Waals surface area contributed by atoms with E-state index in [1.54, 1.807) is 11.3 Å². The van der Waals surface area contributed by atoms with Gasteiger partial charge in [-0.15, -0.1) is 11.3 Å². The smallest absolute Gasteiger partial charge is 0.223 e. The molecule has 5 heteroatoms. The molecule has 16 heavy (non-hydrogen) atoms. The molecule has 1 aromatic heterocycles. The van der Waals surface area contributed by atoms with Gasteiger partial charge in [-0.2, -0.15) is 0 Å². The fraction of sp³-hybridized carbons (Fsp3) is 0.545. The van der Waals surface area contributed by atoms with Crippen LogP contribution in [0.2, 0.25) is 0 Å². The molecule has 88 valence electrons. The number of nitrogens with two attached hydrogens (primary N) is 1. The lowest BCUT2D eigenvalue weighted by Gasteiger charge is -2.31. The molecule has 0 aliphatic heterocycles. The lowest BCUT2D eigenvalue weighted by atomic mass is 9.80. The van der Waals surface area contributed by atoms with Gasteiger partial charge in [0, 0.05) is 23.4 Å². The first-order valence-electron chi connectivity index (χ1n) is 5.42. The van der Waals surface area contributed by atoms with Gasteiger partial charge in [0.2, 0.25) is 5.91 Å². The molecule has 0 spiro atoms. The van der Waals surface area contributed by atoms with Crippen molar-refractivity contribution in [2.45, 2.75) is 25.3 Å². The molecule has 1 amide bonds. The Bertz CT molecular complexity index is 374. The summed E-state index contributed by atoms with van der Waals surface area (Å²) in [4.78, 5) is 12.9. The summed E-state index contributed by atoms with van der Waals surface area (Å²) in [6, 6.07) is 4.36. The highest BCUT2D eigenvalue weighted by Gasteiger charge is 2.31. The van der Waals surface area contributed by atoms with Crippen molar-refractivity contribution in [1.29, 1.82) is 0 Å². The topological polar surface area (TPSA) is 55.1 Å². The summed E-state index contributed by atoms with van der Waals surface area (Å²) in [7, 11) is 0. The van der Waals surface area contributed by atoms with E-state index < -0.39 is 0 Å². The number of carbonyl (C=O) groups is 1. The Morgan fingerprint density at radius 2 is 2.31 bits per heavy atom. The van der Waals surface area contributed by atoms with E-state index in [4.69, 9.17) is 5.73 Å². The predicted octanol–water partition coefficient (Wildman–Crippen LogP) is 1.91. The molecule has 0 radical (unpaired) electrons. The molecular weight excluding hydrogens is 288 g/mol. The minimum Gasteiger partial charge on any atom is -0.355 e. The molecule has 1 fully saturated rings. The van der Waals surface area contributed by atoms with E-state index in [2.05, 4.69) is 27.3 Å². The van der Waals surface area contributed by atoms with Crippen LogP contribution in [0.4, 0.5) is 0 Å². The maximum Gasteiger partial charge on any atom is 0.223 e. The summed E-state index contributed by atoms with van der Waals surface area (Å²) < 4.78 is 1.14. The van der Waals surface area contributed by atoms with Crippen LogP contribution in [0.5, 0.6) is 0 Å². The molecule has 0 aromatic carbocycles. The molecule has 0 bridgehead atoms. The van der Waals surface area contributed by atoms with E-state index in [9.17, 15) is 4.79 Å². The Balaban J connectivity index is 1.66. The van der Waals surface area contributed by atoms with Crippen LogP contribution in [-0.4, -0.2) is 18.5 Å². The second-order valence-corrected chi connectivity index (χ2v) is 6.72. The number of halogens is 1. The minimum atomic E-state index is 0.157. The molecule has 1 aliphatic carbocycles. The molecule has 0 saturated heterocycles. The Morgan fingerprint density at radius 1 is 1.56 bits per heavy atom. The molecular formula is C11H15BrN2OS. The molecule has 3 N–H and O–H groups in total. The number of hydrogen-bond acceptors (Lipinski definition) is 3. The quantitative estimate of drug-likeness (QED) is 0.892. The van der Waals surface area contributed by atoms with E-state index in [-0.39, 0.29) is 17.9 Å². The molecule has 1 aliphatic rings. The molecule has 0 unspecified atom stereocenters. The van der Waals surface area contributed by atoms with Gasteiger partial charge in [0.25, 0.3) is 0 Å². The van der Waals surface area contributed by atoms with E-state index in [0.717, 1.165) is 29.6 Å². The highest BCUT2D eigenvalue weighted by molar-refractivity contribution is 9.11. The van der Waals surface area contributed by atoms with Crippen LogP contribution in [-0.2, 0) is 11.2 Å². The number of thiophene rings is 1. The van der Waals surface area contributed by atoms with Gasteiger partial charge in [-0.25, -0.2) is 0 Å². The third kappa shape index (κ3) is 3.06. The highest BCUT2D eigenvalue weighted by Crippen LogP contribution is 2.25. The maximum atomic E-state index is 11.6. The van der Waals surface area contributed by atoms with Crippen molar-refractivity contribution in [3.8, 4) is 0 Å². The molecule has 1 aromatic rings. The van der Waals surface area contributed by atoms with Crippen LogP contribution in [0.15, 0.2) is 15.9 Å². The van der Waals surface area contributed by atoms with E-state index in [1.807, 2.05) is 6.07 Å². The van der Waals surface area contributed by atoms with Crippen LogP contribution in [0, 0.1) is 5.92 Å². The second kappa shape index (κ2) is 5.29. The Hall–Kier alpha value is -0.390. The lowest BCUT2D eigenvalue weighted by Crippen LogP contribution is -2.45. The standard InChI is InChI=1S/C11H15BrN2OS/c12-10-2-1-9(16-10)3-4-14-11(15)7-5-8(13)6-7/h1-2,7-8H,3-6,13H2,(H,14,15). The van der Waals surface area contributed by atoms with E-state index in [1.165, 1.54) is 4.88 Å². The average molecular weight is 303 g/mol. The summed E-state index contributed by atoms with van der Waals surface area (Å²) in [5.41, 5.74) is 5.65. The van der Waals surface area contributed by atoms with Crippen molar-refractivity contribution in [2.75, 3.05) is 6.54 Å². The normalized spacial score (nSPS) is 23.9. The largest absolute Gasteiger partial charge is 0.355 e. The molecule has 2 rings (SSSR count). The van der Waals surface area contributed by atoms with Gasteiger partial charge in [-0.1, -0.05) is 0 Å². The van der Waals surface area contributed by atoms with Gasteiger partial charge < -0.3 is 11.1 Å². The number of carbonyl (C=O) groups excluding carboxylic acids is 1. The molecule has 0 atom stereocenters. The Labute approximate surface area is 108 Å². The lowest BCUT2D eigenvalue weighted by molar-refractivity contribution is -0.127. The van der Waals surface area contributed by atoms with Crippen molar-refractivity contribution in [1.82, 2.24) is 5.32 Å². The fourth-order valence-electron chi connectivity index (χ4n) is 1.82. The zero-order chi connectivity index (χ0) is 11.5. The zero-order valence-electron chi connectivity index (χ0n) is 8.91. The van der Waals surface area contributed by atoms with Crippen molar-refractivity contribution < 1.29 is 4.79 Å². The van der Waals surface area contributed by atoms with Crippen molar-refractivity contribution in [3.63, 3.8) is 0 Å². The zero-order valence-corrected chi connectivity index (χ0v) is 11.3. The minimum absolute atomic E-state index is 0.157. The van der Waals surface area contributed by atoms with Crippen molar-refractivity contribution in [2.24, 2.45) is 11.7 Å². The Morgan fingerprint density at radius 3 is 2.88 bits per heavy atom. The monoisotopic (exact) mass is 302 g/mol. The maximum absolute atomic E-state index is 11.6. The van der Waals surface area contributed by atoms with Crippen LogP contribution >= 0.6 is 27.3 Å². The van der Waals surface area contributed by atoms with Gasteiger partial charge >= 0.3 is 0 Å². The highest BCUT2D eigenvalue weighted by atomic mass is 79.9. The first-order chi connectivity index (χ1) is 7.65. The van der Waals surface area contributed by atoms with Gasteiger partial charge in [0.15, 0.2) is 0 Å². The first-order valence-corrected chi connectivity index (χ1v) is 7.03. The summed E-state index contributed by atoms with van der Waals surface area (Å²) in [5.74, 6) is 0.322. The number of nitrogens with one attached hydrogen (secondary N) is 1. The van der Waals surface area contributed by atoms with Crippen LogP contribution in [0.25, 0.3) is 0 Å². The SMILES string of the molecule is NC1CC(C(=O)NCCc2ccc(Br)s2)C1. The summed E-state index contributed by atoms with van der Waals surface area (Å²) >= 11 is 5.13. The average Bonchev–Trinajstić information content (AvgIpc) is 2.59. The van der Waals surface area contributed by atoms with Crippen molar-refractivity contribution >= 4 is 33.2 Å². The van der Waals surface area contributed by atoms with Crippen LogP contribution < -0.4 is 11.1 Å². The third-order valence-corrected chi connectivity index (χ3v) is 4.53. The van der Waals surface area contributed by atoms with Gasteiger partial charge in [-0.05, 0) is 47.3 Å². The number of hydrogen-bond donors (Lipinski definition) is 2. The third-order valence-electron chi connectivity index (χ3n) is 2.84. The van der Waals surface area contributed by atoms with Gasteiger partial charge in [0.1, 0.15) is 0 Å². The molecule has 1 saturated carbocycles. The number of rotatable bonds is 4.